The third kappa shape index (κ3) is 4.62. The lowest BCUT2D eigenvalue weighted by molar-refractivity contribution is -0.120. The maximum absolute atomic E-state index is 11.3. The van der Waals surface area contributed by atoms with Gasteiger partial charge >= 0.3 is 0 Å². The van der Waals surface area contributed by atoms with Crippen molar-refractivity contribution in [3.63, 3.8) is 0 Å². The Balaban J connectivity index is 2.58. The van der Waals surface area contributed by atoms with Crippen LogP contribution in [-0.2, 0) is 4.79 Å². The number of ketones is 1. The van der Waals surface area contributed by atoms with E-state index in [0.29, 0.717) is 36.5 Å². The molecule has 0 fully saturated rings. The summed E-state index contributed by atoms with van der Waals surface area (Å²) in [6.07, 6.45) is 1.04. The molecular weight excluding hydrogens is 246 g/mol. The van der Waals surface area contributed by atoms with Crippen molar-refractivity contribution < 1.29 is 19.1 Å². The molecule has 0 spiro atoms. The number of amides is 1. The zero-order valence-corrected chi connectivity index (χ0v) is 11.5. The number of carbonyl (C=O) groups is 2. The molecule has 0 aromatic heterocycles. The van der Waals surface area contributed by atoms with E-state index in [9.17, 15) is 9.59 Å². The summed E-state index contributed by atoms with van der Waals surface area (Å²) < 4.78 is 10.7. The van der Waals surface area contributed by atoms with Gasteiger partial charge in [-0.2, -0.15) is 0 Å². The van der Waals surface area contributed by atoms with E-state index in [1.54, 1.807) is 25.2 Å². The van der Waals surface area contributed by atoms with Crippen molar-refractivity contribution in [1.29, 1.82) is 0 Å². The van der Waals surface area contributed by atoms with Crippen LogP contribution in [0.1, 0.15) is 30.1 Å². The third-order valence-electron chi connectivity index (χ3n) is 2.65. The average molecular weight is 265 g/mol. The number of benzene rings is 1. The van der Waals surface area contributed by atoms with Crippen LogP contribution in [0.5, 0.6) is 11.5 Å². The quantitative estimate of drug-likeness (QED) is 0.603. The van der Waals surface area contributed by atoms with E-state index in [4.69, 9.17) is 9.47 Å². The number of Topliss-reactive ketones (excluding diaryl/α,β-unsaturated/α-hetero) is 1. The minimum Gasteiger partial charge on any atom is -0.493 e. The topological polar surface area (TPSA) is 64.6 Å². The summed E-state index contributed by atoms with van der Waals surface area (Å²) in [5, 5.41) is 2.55. The molecule has 0 atom stereocenters. The van der Waals surface area contributed by atoms with E-state index in [0.717, 1.165) is 0 Å². The van der Waals surface area contributed by atoms with Crippen LogP contribution in [0.25, 0.3) is 0 Å². The second-order valence-electron chi connectivity index (χ2n) is 4.05. The summed E-state index contributed by atoms with van der Waals surface area (Å²) in [5.41, 5.74) is 0.578. The van der Waals surface area contributed by atoms with Crippen LogP contribution < -0.4 is 14.8 Å². The number of methoxy groups -OCH3 is 1. The van der Waals surface area contributed by atoms with Gasteiger partial charge in [0.15, 0.2) is 17.3 Å². The van der Waals surface area contributed by atoms with Gasteiger partial charge in [0.25, 0.3) is 0 Å². The summed E-state index contributed by atoms with van der Waals surface area (Å²) in [4.78, 5) is 22.3. The first-order valence-corrected chi connectivity index (χ1v) is 6.11. The van der Waals surface area contributed by atoms with Gasteiger partial charge in [0.05, 0.1) is 13.7 Å². The maximum Gasteiger partial charge on any atom is 0.219 e. The molecule has 19 heavy (non-hydrogen) atoms. The van der Waals surface area contributed by atoms with Crippen molar-refractivity contribution in [1.82, 2.24) is 5.32 Å². The zero-order chi connectivity index (χ0) is 14.3. The summed E-state index contributed by atoms with van der Waals surface area (Å²) in [6.45, 7) is 1.92. The second kappa shape index (κ2) is 7.41. The summed E-state index contributed by atoms with van der Waals surface area (Å²) in [5.74, 6) is 1.06. The van der Waals surface area contributed by atoms with Gasteiger partial charge in [-0.1, -0.05) is 0 Å². The summed E-state index contributed by atoms with van der Waals surface area (Å²) in [7, 11) is 3.13. The van der Waals surface area contributed by atoms with E-state index in [1.807, 2.05) is 0 Å². The molecule has 0 aliphatic carbocycles. The first-order chi connectivity index (χ1) is 9.08. The number of hydrogen-bond acceptors (Lipinski definition) is 4. The fourth-order valence-electron chi connectivity index (χ4n) is 1.55. The van der Waals surface area contributed by atoms with Crippen LogP contribution >= 0.6 is 0 Å². The highest BCUT2D eigenvalue weighted by atomic mass is 16.5. The van der Waals surface area contributed by atoms with Gasteiger partial charge in [-0.15, -0.1) is 0 Å². The lowest BCUT2D eigenvalue weighted by Gasteiger charge is -2.11. The van der Waals surface area contributed by atoms with Crippen molar-refractivity contribution in [3.8, 4) is 11.5 Å². The monoisotopic (exact) mass is 265 g/mol. The molecule has 1 N–H and O–H groups in total. The van der Waals surface area contributed by atoms with Gasteiger partial charge in [-0.3, -0.25) is 9.59 Å². The van der Waals surface area contributed by atoms with E-state index in [2.05, 4.69) is 5.32 Å². The molecule has 1 aromatic carbocycles. The number of rotatable bonds is 7. The van der Waals surface area contributed by atoms with Gasteiger partial charge in [0.2, 0.25) is 5.91 Å². The molecule has 0 aliphatic rings. The number of nitrogens with one attached hydrogen (secondary N) is 1. The van der Waals surface area contributed by atoms with E-state index >= 15 is 0 Å². The number of carbonyl (C=O) groups excluding carboxylic acids is 2. The average Bonchev–Trinajstić information content (AvgIpc) is 2.42. The normalized spacial score (nSPS) is 9.84. The Hall–Kier alpha value is -2.04. The van der Waals surface area contributed by atoms with Crippen LogP contribution in [0.4, 0.5) is 0 Å². The number of hydrogen-bond donors (Lipinski definition) is 1. The first kappa shape index (κ1) is 15.0. The molecule has 1 amide bonds. The highest BCUT2D eigenvalue weighted by Crippen LogP contribution is 2.28. The fourth-order valence-corrected chi connectivity index (χ4v) is 1.55. The van der Waals surface area contributed by atoms with Crippen molar-refractivity contribution >= 4 is 11.7 Å². The Morgan fingerprint density at radius 2 is 2.00 bits per heavy atom. The fraction of sp³-hybridized carbons (Fsp3) is 0.429. The molecule has 0 radical (unpaired) electrons. The second-order valence-corrected chi connectivity index (χ2v) is 4.05. The minimum absolute atomic E-state index is 0.0116. The SMILES string of the molecule is CNC(=O)CCCOc1ccc(C(C)=O)cc1OC. The van der Waals surface area contributed by atoms with Crippen LogP contribution in [0, 0.1) is 0 Å². The standard InChI is InChI=1S/C14H19NO4/c1-10(16)11-6-7-12(13(9-11)18-3)19-8-4-5-14(17)15-2/h6-7,9H,4-5,8H2,1-3H3,(H,15,17). The van der Waals surface area contributed by atoms with Crippen molar-refractivity contribution in [2.75, 3.05) is 20.8 Å². The molecule has 0 bridgehead atoms. The molecule has 0 saturated carbocycles. The Bertz CT molecular complexity index is 457. The predicted molar refractivity (Wildman–Crippen MR) is 71.8 cm³/mol. The molecule has 0 saturated heterocycles. The molecule has 5 nitrogen and oxygen atoms in total. The van der Waals surface area contributed by atoms with Crippen LogP contribution in [0.15, 0.2) is 18.2 Å². The molecule has 0 aliphatic heterocycles. The smallest absolute Gasteiger partial charge is 0.219 e. The largest absolute Gasteiger partial charge is 0.493 e. The van der Waals surface area contributed by atoms with Crippen LogP contribution in [0.3, 0.4) is 0 Å². The molecule has 0 unspecified atom stereocenters. The molecule has 5 heteroatoms. The highest BCUT2D eigenvalue weighted by Gasteiger charge is 2.08. The van der Waals surface area contributed by atoms with Gasteiger partial charge < -0.3 is 14.8 Å². The van der Waals surface area contributed by atoms with Gasteiger partial charge in [0, 0.05) is 19.0 Å². The van der Waals surface area contributed by atoms with Gasteiger partial charge in [0.1, 0.15) is 0 Å². The van der Waals surface area contributed by atoms with E-state index in [1.165, 1.54) is 14.0 Å². The predicted octanol–water partition coefficient (Wildman–Crippen LogP) is 1.80. The summed E-state index contributed by atoms with van der Waals surface area (Å²) >= 11 is 0. The maximum atomic E-state index is 11.3. The third-order valence-corrected chi connectivity index (χ3v) is 2.65. The van der Waals surface area contributed by atoms with Crippen molar-refractivity contribution in [3.05, 3.63) is 23.8 Å². The van der Waals surface area contributed by atoms with E-state index in [-0.39, 0.29) is 11.7 Å². The van der Waals surface area contributed by atoms with Crippen molar-refractivity contribution in [2.24, 2.45) is 0 Å². The van der Waals surface area contributed by atoms with Gasteiger partial charge in [-0.05, 0) is 31.5 Å². The Morgan fingerprint density at radius 3 is 2.58 bits per heavy atom. The molecule has 1 rings (SSSR count). The Labute approximate surface area is 112 Å². The Kier molecular flexibility index (Phi) is 5.85. The van der Waals surface area contributed by atoms with Crippen LogP contribution in [-0.4, -0.2) is 32.5 Å². The van der Waals surface area contributed by atoms with E-state index < -0.39 is 0 Å². The highest BCUT2D eigenvalue weighted by molar-refractivity contribution is 5.94. The molecule has 1 aromatic rings. The summed E-state index contributed by atoms with van der Waals surface area (Å²) in [6, 6.07) is 5.05. The zero-order valence-electron chi connectivity index (χ0n) is 11.5. The molecule has 0 heterocycles. The van der Waals surface area contributed by atoms with Crippen LogP contribution in [0.2, 0.25) is 0 Å². The molecular formula is C14H19NO4. The Morgan fingerprint density at radius 1 is 1.26 bits per heavy atom. The minimum atomic E-state index is -0.0236. The van der Waals surface area contributed by atoms with Gasteiger partial charge in [-0.25, -0.2) is 0 Å². The lowest BCUT2D eigenvalue weighted by Crippen LogP contribution is -2.18. The number of ether oxygens (including phenoxy) is 2. The van der Waals surface area contributed by atoms with Crippen molar-refractivity contribution in [2.45, 2.75) is 19.8 Å². The molecule has 104 valence electrons. The lowest BCUT2D eigenvalue weighted by atomic mass is 10.1. The first-order valence-electron chi connectivity index (χ1n) is 6.11.